The molecule has 1 saturated heterocycles. The maximum atomic E-state index is 13.1. The van der Waals surface area contributed by atoms with Gasteiger partial charge < -0.3 is 10.6 Å². The lowest BCUT2D eigenvalue weighted by atomic mass is 9.95. The summed E-state index contributed by atoms with van der Waals surface area (Å²) in [7, 11) is 0. The van der Waals surface area contributed by atoms with E-state index in [1.807, 2.05) is 0 Å². The van der Waals surface area contributed by atoms with E-state index >= 15 is 0 Å². The number of carbonyl (C=O) groups is 1. The van der Waals surface area contributed by atoms with Gasteiger partial charge >= 0.3 is 0 Å². The Morgan fingerprint density at radius 3 is 2.84 bits per heavy atom. The van der Waals surface area contributed by atoms with Crippen LogP contribution >= 0.6 is 0 Å². The number of rotatable bonds is 4. The van der Waals surface area contributed by atoms with Crippen molar-refractivity contribution in [1.82, 2.24) is 10.6 Å². The van der Waals surface area contributed by atoms with Crippen molar-refractivity contribution in [2.45, 2.75) is 26.2 Å². The van der Waals surface area contributed by atoms with Crippen LogP contribution in [0.15, 0.2) is 18.2 Å². The van der Waals surface area contributed by atoms with Gasteiger partial charge in [0.2, 0.25) is 0 Å². The van der Waals surface area contributed by atoms with E-state index in [0.717, 1.165) is 19.5 Å². The molecular formula is C15H21FN2O. The van der Waals surface area contributed by atoms with Gasteiger partial charge in [0.05, 0.1) is 0 Å². The molecule has 0 aliphatic carbocycles. The van der Waals surface area contributed by atoms with Gasteiger partial charge in [0.1, 0.15) is 5.82 Å². The Bertz CT molecular complexity index is 442. The fourth-order valence-corrected chi connectivity index (χ4v) is 2.45. The molecule has 0 spiro atoms. The van der Waals surface area contributed by atoms with Crippen molar-refractivity contribution in [2.24, 2.45) is 5.92 Å². The highest BCUT2D eigenvalue weighted by Crippen LogP contribution is 2.15. The normalized spacial score (nSPS) is 16.3. The molecule has 0 saturated carbocycles. The third-order valence-electron chi connectivity index (χ3n) is 3.72. The summed E-state index contributed by atoms with van der Waals surface area (Å²) in [6.45, 7) is 4.52. The second-order valence-electron chi connectivity index (χ2n) is 5.20. The highest BCUT2D eigenvalue weighted by atomic mass is 19.1. The lowest BCUT2D eigenvalue weighted by molar-refractivity contribution is 0.0950. The first-order valence-electron chi connectivity index (χ1n) is 6.92. The van der Waals surface area contributed by atoms with Crippen molar-refractivity contribution in [1.29, 1.82) is 0 Å². The smallest absolute Gasteiger partial charge is 0.251 e. The van der Waals surface area contributed by atoms with E-state index in [0.29, 0.717) is 23.6 Å². The molecule has 1 aromatic rings. The number of hydrogen-bond acceptors (Lipinski definition) is 2. The minimum atomic E-state index is -0.272. The zero-order valence-corrected chi connectivity index (χ0v) is 11.3. The van der Waals surface area contributed by atoms with Crippen molar-refractivity contribution < 1.29 is 9.18 Å². The fraction of sp³-hybridized carbons (Fsp3) is 0.533. The number of benzene rings is 1. The van der Waals surface area contributed by atoms with Crippen LogP contribution in [0.1, 0.15) is 35.2 Å². The molecule has 1 amide bonds. The maximum Gasteiger partial charge on any atom is 0.251 e. The average molecular weight is 264 g/mol. The van der Waals surface area contributed by atoms with E-state index < -0.39 is 0 Å². The van der Waals surface area contributed by atoms with Crippen molar-refractivity contribution in [3.05, 3.63) is 35.1 Å². The van der Waals surface area contributed by atoms with Gasteiger partial charge in [-0.3, -0.25) is 4.79 Å². The third-order valence-corrected chi connectivity index (χ3v) is 3.72. The summed E-state index contributed by atoms with van der Waals surface area (Å²) < 4.78 is 13.1. The van der Waals surface area contributed by atoms with Crippen molar-refractivity contribution in [3.63, 3.8) is 0 Å². The molecule has 2 rings (SSSR count). The SMILES string of the molecule is Cc1cc(C(=O)NCCC2CCNCC2)ccc1F. The highest BCUT2D eigenvalue weighted by Gasteiger charge is 2.13. The molecule has 4 heteroatoms. The number of piperidine rings is 1. The molecular weight excluding hydrogens is 243 g/mol. The fourth-order valence-electron chi connectivity index (χ4n) is 2.45. The van der Waals surface area contributed by atoms with E-state index in [4.69, 9.17) is 0 Å². The molecule has 1 heterocycles. The predicted octanol–water partition coefficient (Wildman–Crippen LogP) is 2.25. The van der Waals surface area contributed by atoms with Crippen LogP contribution in [0.3, 0.4) is 0 Å². The molecule has 1 aliphatic rings. The van der Waals surface area contributed by atoms with Gasteiger partial charge in [0.25, 0.3) is 5.91 Å². The van der Waals surface area contributed by atoms with E-state index in [1.165, 1.54) is 25.0 Å². The number of amides is 1. The minimum absolute atomic E-state index is 0.114. The summed E-state index contributed by atoms with van der Waals surface area (Å²) in [4.78, 5) is 11.9. The van der Waals surface area contributed by atoms with Crippen LogP contribution in [0.25, 0.3) is 0 Å². The van der Waals surface area contributed by atoms with E-state index in [2.05, 4.69) is 10.6 Å². The summed E-state index contributed by atoms with van der Waals surface area (Å²) in [5.41, 5.74) is 1.04. The first kappa shape index (κ1) is 14.0. The van der Waals surface area contributed by atoms with Gasteiger partial charge in [-0.15, -0.1) is 0 Å². The number of halogens is 1. The number of hydrogen-bond donors (Lipinski definition) is 2. The molecule has 1 fully saturated rings. The quantitative estimate of drug-likeness (QED) is 0.875. The Kier molecular flexibility index (Phi) is 4.91. The molecule has 0 aromatic heterocycles. The Morgan fingerprint density at radius 2 is 2.16 bits per heavy atom. The first-order chi connectivity index (χ1) is 9.16. The van der Waals surface area contributed by atoms with Gasteiger partial charge in [0, 0.05) is 12.1 Å². The number of carbonyl (C=O) groups excluding carboxylic acids is 1. The largest absolute Gasteiger partial charge is 0.352 e. The highest BCUT2D eigenvalue weighted by molar-refractivity contribution is 5.94. The summed E-state index contributed by atoms with van der Waals surface area (Å²) in [5.74, 6) is 0.319. The average Bonchev–Trinajstić information content (AvgIpc) is 2.43. The topological polar surface area (TPSA) is 41.1 Å². The second-order valence-corrected chi connectivity index (χ2v) is 5.20. The molecule has 1 aromatic carbocycles. The zero-order chi connectivity index (χ0) is 13.7. The van der Waals surface area contributed by atoms with Gasteiger partial charge in [0.15, 0.2) is 0 Å². The Labute approximate surface area is 113 Å². The van der Waals surface area contributed by atoms with Crippen molar-refractivity contribution in [2.75, 3.05) is 19.6 Å². The van der Waals surface area contributed by atoms with E-state index in [9.17, 15) is 9.18 Å². The lowest BCUT2D eigenvalue weighted by Gasteiger charge is -2.22. The van der Waals surface area contributed by atoms with Crippen LogP contribution in [-0.2, 0) is 0 Å². The van der Waals surface area contributed by atoms with Crippen LogP contribution in [0.5, 0.6) is 0 Å². The molecule has 0 bridgehead atoms. The molecule has 0 atom stereocenters. The molecule has 0 radical (unpaired) electrons. The number of nitrogens with one attached hydrogen (secondary N) is 2. The van der Waals surface area contributed by atoms with E-state index in [-0.39, 0.29) is 11.7 Å². The molecule has 1 aliphatic heterocycles. The van der Waals surface area contributed by atoms with Crippen molar-refractivity contribution >= 4 is 5.91 Å². The second kappa shape index (κ2) is 6.66. The summed E-state index contributed by atoms with van der Waals surface area (Å²) in [5, 5.41) is 6.24. The summed E-state index contributed by atoms with van der Waals surface area (Å²) in [6, 6.07) is 4.47. The third kappa shape index (κ3) is 4.03. The van der Waals surface area contributed by atoms with Crippen LogP contribution in [-0.4, -0.2) is 25.5 Å². The number of aryl methyl sites for hydroxylation is 1. The summed E-state index contributed by atoms with van der Waals surface area (Å²) in [6.07, 6.45) is 3.39. The van der Waals surface area contributed by atoms with Gasteiger partial charge in [-0.2, -0.15) is 0 Å². The Morgan fingerprint density at radius 1 is 1.42 bits per heavy atom. The van der Waals surface area contributed by atoms with Gasteiger partial charge in [-0.05, 0) is 69.0 Å². The van der Waals surface area contributed by atoms with Crippen LogP contribution < -0.4 is 10.6 Å². The van der Waals surface area contributed by atoms with Crippen molar-refractivity contribution in [3.8, 4) is 0 Å². The van der Waals surface area contributed by atoms with E-state index in [1.54, 1.807) is 13.0 Å². The minimum Gasteiger partial charge on any atom is -0.352 e. The maximum absolute atomic E-state index is 13.1. The lowest BCUT2D eigenvalue weighted by Crippen LogP contribution is -2.31. The van der Waals surface area contributed by atoms with Crippen LogP contribution in [0.4, 0.5) is 4.39 Å². The molecule has 19 heavy (non-hydrogen) atoms. The van der Waals surface area contributed by atoms with Gasteiger partial charge in [-0.1, -0.05) is 0 Å². The molecule has 2 N–H and O–H groups in total. The molecule has 0 unspecified atom stereocenters. The van der Waals surface area contributed by atoms with Crippen LogP contribution in [0, 0.1) is 18.7 Å². The monoisotopic (exact) mass is 264 g/mol. The Balaban J connectivity index is 1.78. The zero-order valence-electron chi connectivity index (χ0n) is 11.3. The molecule has 3 nitrogen and oxygen atoms in total. The first-order valence-corrected chi connectivity index (χ1v) is 6.92. The predicted molar refractivity (Wildman–Crippen MR) is 73.7 cm³/mol. The standard InChI is InChI=1S/C15H21FN2O/c1-11-10-13(2-3-14(11)16)15(19)18-9-6-12-4-7-17-8-5-12/h2-3,10,12,17H,4-9H2,1H3,(H,18,19). The summed E-state index contributed by atoms with van der Waals surface area (Å²) >= 11 is 0. The molecule has 104 valence electrons. The Hall–Kier alpha value is -1.42. The van der Waals surface area contributed by atoms with Gasteiger partial charge in [-0.25, -0.2) is 4.39 Å². The van der Waals surface area contributed by atoms with Crippen LogP contribution in [0.2, 0.25) is 0 Å².